The number of hydrogen-bond donors (Lipinski definition) is 5. The van der Waals surface area contributed by atoms with Crippen LogP contribution in [0.15, 0.2) is 101 Å². The summed E-state index contributed by atoms with van der Waals surface area (Å²) in [6.07, 6.45) is 1.78. The van der Waals surface area contributed by atoms with Crippen LogP contribution in [-0.4, -0.2) is 60.5 Å². The van der Waals surface area contributed by atoms with E-state index in [2.05, 4.69) is 17.7 Å². The molecule has 0 spiro atoms. The van der Waals surface area contributed by atoms with Crippen molar-refractivity contribution in [3.8, 4) is 63.0 Å². The van der Waals surface area contributed by atoms with Crippen LogP contribution in [0, 0.1) is 0 Å². The second-order valence-corrected chi connectivity index (χ2v) is 23.5. The maximum absolute atomic E-state index is 14.1. The van der Waals surface area contributed by atoms with Gasteiger partial charge in [0.2, 0.25) is 18.3 Å². The molecule has 15 rings (SSSR count). The first-order valence-corrected chi connectivity index (χ1v) is 30.6. The number of fused-ring (bicyclic) bond motifs is 12. The van der Waals surface area contributed by atoms with E-state index < -0.39 is 23.1 Å². The Labute approximate surface area is 524 Å². The molecule has 6 N–H and O–H groups in total. The van der Waals surface area contributed by atoms with Crippen LogP contribution in [-0.2, 0) is 95.7 Å². The third-order valence-electron chi connectivity index (χ3n) is 18.7. The predicted molar refractivity (Wildman–Crippen MR) is 331 cm³/mol. The van der Waals surface area contributed by atoms with Crippen LogP contribution in [0.2, 0.25) is 0 Å². The minimum absolute atomic E-state index is 0.0383. The Morgan fingerprint density at radius 2 is 1.15 bits per heavy atom. The van der Waals surface area contributed by atoms with E-state index in [1.165, 1.54) is 0 Å². The zero-order valence-corrected chi connectivity index (χ0v) is 50.5. The monoisotopic (exact) mass is 1240 g/mol. The van der Waals surface area contributed by atoms with E-state index in [9.17, 15) is 34.2 Å². The number of aromatic nitrogens is 4. The lowest BCUT2D eigenvalue weighted by Crippen LogP contribution is -2.44. The lowest BCUT2D eigenvalue weighted by molar-refractivity contribution is -0.172. The molecule has 0 saturated heterocycles. The lowest BCUT2D eigenvalue weighted by Gasteiger charge is -2.31. The second kappa shape index (κ2) is 22.2. The van der Waals surface area contributed by atoms with Gasteiger partial charge in [-0.3, -0.25) is 14.4 Å². The van der Waals surface area contributed by atoms with Crippen LogP contribution >= 0.6 is 0 Å². The fraction of sp³-hybridized carbons (Fsp3) is 0.290. The predicted octanol–water partition coefficient (Wildman–Crippen LogP) is 8.01. The van der Waals surface area contributed by atoms with Crippen molar-refractivity contribution in [3.63, 3.8) is 0 Å². The van der Waals surface area contributed by atoms with Gasteiger partial charge >= 0.3 is 11.9 Å². The van der Waals surface area contributed by atoms with E-state index in [0.29, 0.717) is 99.6 Å². The normalized spacial score (nSPS) is 17.8. The number of nitrogens with one attached hydrogen (secondary N) is 2. The first kappa shape index (κ1) is 57.9. The van der Waals surface area contributed by atoms with E-state index in [0.717, 1.165) is 49.7 Å². The van der Waals surface area contributed by atoms with Gasteiger partial charge in [0.25, 0.3) is 17.0 Å². The quantitative estimate of drug-likeness (QED) is 0.0426. The summed E-state index contributed by atoms with van der Waals surface area (Å²) in [5.74, 6) is 6.47. The molecule has 0 aliphatic carbocycles. The molecular weight excluding hydrogens is 1180 g/mol. The number of anilines is 1. The number of nitrogens with two attached hydrogens (primary N) is 1. The minimum atomic E-state index is -1.95. The number of esters is 2. The van der Waals surface area contributed by atoms with Crippen molar-refractivity contribution >= 4 is 45.3 Å². The van der Waals surface area contributed by atoms with Gasteiger partial charge in [-0.1, -0.05) is 45.9 Å². The topological polar surface area (TPSA) is 295 Å². The molecule has 23 nitrogen and oxygen atoms in total. The summed E-state index contributed by atoms with van der Waals surface area (Å²) in [6, 6.07) is 28.0. The van der Waals surface area contributed by atoms with Crippen molar-refractivity contribution < 1.29 is 67.4 Å². The molecule has 468 valence electrons. The maximum Gasteiger partial charge on any atom is 0.343 e. The number of benzene rings is 5. The summed E-state index contributed by atoms with van der Waals surface area (Å²) < 4.78 is 45.1. The number of cyclic esters (lactones) is 2. The van der Waals surface area contributed by atoms with Crippen LogP contribution in [0.25, 0.3) is 44.6 Å². The first-order valence-electron chi connectivity index (χ1n) is 30.6. The van der Waals surface area contributed by atoms with Gasteiger partial charge in [-0.25, -0.2) is 25.0 Å². The number of hydrogen-bond acceptors (Lipinski definition) is 20. The molecule has 10 heterocycles. The van der Waals surface area contributed by atoms with Gasteiger partial charge in [0.05, 0.1) is 63.6 Å². The Hall–Kier alpha value is -10.5. The fourth-order valence-electron chi connectivity index (χ4n) is 13.7. The average molecular weight is 1240 g/mol. The van der Waals surface area contributed by atoms with Crippen LogP contribution in [0.4, 0.5) is 5.69 Å². The lowest BCUT2D eigenvalue weighted by atomic mass is 9.86. The summed E-state index contributed by atoms with van der Waals surface area (Å²) in [5.41, 5.74) is 10.6. The zero-order valence-electron chi connectivity index (χ0n) is 50.5. The first-order chi connectivity index (χ1) is 44.6. The highest BCUT2D eigenvalue weighted by molar-refractivity contribution is 6.03. The maximum atomic E-state index is 14.1. The highest BCUT2D eigenvalue weighted by atomic mass is 16.7. The van der Waals surface area contributed by atoms with Crippen LogP contribution in [0.1, 0.15) is 118 Å². The summed E-state index contributed by atoms with van der Waals surface area (Å²) in [6.45, 7) is 8.28. The van der Waals surface area contributed by atoms with E-state index >= 15 is 0 Å². The Morgan fingerprint density at radius 1 is 0.609 bits per heavy atom. The number of amides is 1. The van der Waals surface area contributed by atoms with Crippen molar-refractivity contribution in [1.82, 2.24) is 24.4 Å². The number of carbonyl (C=O) groups excluding carboxylic acids is 3. The number of carbonyl (C=O) groups is 3. The van der Waals surface area contributed by atoms with Crippen molar-refractivity contribution in [3.05, 3.63) is 184 Å². The third-order valence-corrected chi connectivity index (χ3v) is 18.7. The molecule has 0 saturated carbocycles. The number of rotatable bonds is 17. The number of ether oxygens (including phenoxy) is 7. The second-order valence-electron chi connectivity index (χ2n) is 23.5. The van der Waals surface area contributed by atoms with Crippen molar-refractivity contribution in [2.75, 3.05) is 18.8 Å². The Balaban J connectivity index is 0.705. The highest BCUT2D eigenvalue weighted by Crippen LogP contribution is 2.52. The van der Waals surface area contributed by atoms with Crippen LogP contribution in [0.3, 0.4) is 0 Å². The molecule has 92 heavy (non-hydrogen) atoms. The minimum Gasteiger partial charge on any atom is -0.489 e. The van der Waals surface area contributed by atoms with E-state index in [-0.39, 0.29) is 122 Å². The number of pyridine rings is 4. The Bertz CT molecular complexity index is 4810. The summed E-state index contributed by atoms with van der Waals surface area (Å²) >= 11 is 0. The molecule has 5 aromatic carbocycles. The van der Waals surface area contributed by atoms with Crippen molar-refractivity contribution in [2.24, 2.45) is 5.90 Å². The molecule has 2 atom stereocenters. The van der Waals surface area contributed by atoms with Gasteiger partial charge in [-0.15, -0.1) is 0 Å². The fourth-order valence-corrected chi connectivity index (χ4v) is 13.7. The average Bonchev–Trinajstić information content (AvgIpc) is 1.53. The van der Waals surface area contributed by atoms with E-state index in [1.807, 2.05) is 73.7 Å². The molecule has 0 radical (unpaired) electrons. The number of nitrogens with zero attached hydrogens (tertiary/aromatic N) is 4. The molecule has 0 fully saturated rings. The molecule has 0 unspecified atom stereocenters. The van der Waals surface area contributed by atoms with E-state index in [4.69, 9.17) is 58.7 Å². The SMILES string of the molecule is CCc1c2c(nc3ccc(OCc4ccc(OCc5ccc(ONc6c7c(c(ON)c8c6OCO8)C(=O)NCC7)cc5)c(COc5ccc6nc7c(c(CC)c6c5)Cn5c-7cc6c(c5=O)COC(=O)[C@]6(O)CC)c4)cc13)-c1cc3c(c(=O)n1C2)COC(=O)[C@]3(O)CC. The van der Waals surface area contributed by atoms with Gasteiger partial charge in [0, 0.05) is 50.7 Å². The van der Waals surface area contributed by atoms with E-state index in [1.54, 1.807) is 47.2 Å². The summed E-state index contributed by atoms with van der Waals surface area (Å²) in [7, 11) is 0. The van der Waals surface area contributed by atoms with Crippen molar-refractivity contribution in [2.45, 2.75) is 117 Å². The number of aryl methyl sites for hydroxylation is 2. The van der Waals surface area contributed by atoms with Gasteiger partial charge in [0.1, 0.15) is 56.0 Å². The summed E-state index contributed by atoms with van der Waals surface area (Å²) in [5, 5.41) is 27.5. The molecular formula is C69H61N7O16. The van der Waals surface area contributed by atoms with Crippen LogP contribution in [0.5, 0.6) is 40.2 Å². The molecule has 23 heteroatoms. The zero-order chi connectivity index (χ0) is 63.5. The van der Waals surface area contributed by atoms with Gasteiger partial charge in [0.15, 0.2) is 22.7 Å². The molecule has 6 aliphatic heterocycles. The van der Waals surface area contributed by atoms with Gasteiger partial charge in [-0.05, 0) is 127 Å². The molecule has 0 bridgehead atoms. The van der Waals surface area contributed by atoms with Gasteiger partial charge in [-0.2, -0.15) is 5.90 Å². The largest absolute Gasteiger partial charge is 0.489 e. The highest BCUT2D eigenvalue weighted by Gasteiger charge is 2.47. The number of aliphatic hydroxyl groups is 2. The van der Waals surface area contributed by atoms with Crippen molar-refractivity contribution in [1.29, 1.82) is 0 Å². The molecule has 1 amide bonds. The molecule has 6 aliphatic rings. The van der Waals surface area contributed by atoms with Crippen LogP contribution < -0.4 is 61.2 Å². The molecule has 4 aromatic heterocycles. The Kier molecular flexibility index (Phi) is 14.0. The standard InChI is InChI=1S/C69H61N7O16/c1-5-40-43-22-38(14-16-51(43)72-57-45(40)26-75-53(57)24-49-47(64(75)78)31-87-66(80)68(49,82)7-3)84-29-35-11-18-55(86-28-34-9-12-37(13-10-34)92-74-59-42-19-20-71-63(77)56(42)60(91-70)62-61(59)89-33-90-62)36(21-35)30-85-39-15-17-52-44(23-39)41(6-2)46-27-76-54(58(46)73-52)25-50-48(65(76)79)32-88-67(81)69(50,83)8-4/h9-18,21-25,74,82-83H,5-8,19-20,26-33,70H2,1-4H3,(H,71,77)/t68-,69-/m0/s1. The smallest absolute Gasteiger partial charge is 0.343 e. The summed E-state index contributed by atoms with van der Waals surface area (Å²) in [4.78, 5) is 88.0. The molecule has 9 aromatic rings. The Morgan fingerprint density at radius 3 is 1.72 bits per heavy atom. The third kappa shape index (κ3) is 9.07. The van der Waals surface area contributed by atoms with Gasteiger partial charge < -0.3 is 67.5 Å².